The number of rotatable bonds is 3. The summed E-state index contributed by atoms with van der Waals surface area (Å²) in [6.07, 6.45) is -0.237. The zero-order valence-electron chi connectivity index (χ0n) is 8.67. The Labute approximate surface area is 83.3 Å². The molecule has 0 saturated heterocycles. The molecule has 2 nitrogen and oxygen atoms in total. The zero-order chi connectivity index (χ0) is 10.7. The minimum Gasteiger partial charge on any atom is -0.496 e. The van der Waals surface area contributed by atoms with Crippen LogP contribution in [0.4, 0.5) is 4.39 Å². The van der Waals surface area contributed by atoms with Gasteiger partial charge in [0, 0.05) is 6.42 Å². The van der Waals surface area contributed by atoms with Gasteiger partial charge in [0.2, 0.25) is 0 Å². The first-order valence-corrected chi connectivity index (χ1v) is 4.55. The van der Waals surface area contributed by atoms with Crippen LogP contribution in [0.25, 0.3) is 0 Å². The highest BCUT2D eigenvalue weighted by molar-refractivity contribution is 5.37. The average molecular weight is 198 g/mol. The summed E-state index contributed by atoms with van der Waals surface area (Å²) in [6, 6.07) is 3.06. The minimum atomic E-state index is -0.545. The van der Waals surface area contributed by atoms with Gasteiger partial charge in [0.1, 0.15) is 11.6 Å². The summed E-state index contributed by atoms with van der Waals surface area (Å²) >= 11 is 0. The topological polar surface area (TPSA) is 29.5 Å². The standard InChI is InChI=1S/C11H15FO2/c1-7-4-10(12)9(5-8(2)13)6-11(7)14-3/h4,6,8,13H,5H2,1-3H3. The molecule has 1 N–H and O–H groups in total. The highest BCUT2D eigenvalue weighted by Crippen LogP contribution is 2.22. The molecule has 0 aliphatic carbocycles. The van der Waals surface area contributed by atoms with Gasteiger partial charge in [0.25, 0.3) is 0 Å². The fourth-order valence-electron chi connectivity index (χ4n) is 1.39. The maximum Gasteiger partial charge on any atom is 0.127 e. The molecule has 0 bridgehead atoms. The fourth-order valence-corrected chi connectivity index (χ4v) is 1.39. The predicted molar refractivity (Wildman–Crippen MR) is 53.1 cm³/mol. The van der Waals surface area contributed by atoms with E-state index in [0.29, 0.717) is 17.7 Å². The monoisotopic (exact) mass is 198 g/mol. The third kappa shape index (κ3) is 2.45. The molecule has 1 aromatic rings. The zero-order valence-corrected chi connectivity index (χ0v) is 8.67. The number of hydrogen-bond acceptors (Lipinski definition) is 2. The summed E-state index contributed by atoms with van der Waals surface area (Å²) in [5.41, 5.74) is 1.25. The second-order valence-corrected chi connectivity index (χ2v) is 3.47. The molecule has 0 amide bonds. The molecule has 14 heavy (non-hydrogen) atoms. The van der Waals surface area contributed by atoms with Gasteiger partial charge in [-0.2, -0.15) is 0 Å². The Morgan fingerprint density at radius 2 is 2.14 bits per heavy atom. The molecule has 0 aliphatic rings. The smallest absolute Gasteiger partial charge is 0.127 e. The quantitative estimate of drug-likeness (QED) is 0.805. The molecule has 1 rings (SSSR count). The Morgan fingerprint density at radius 3 is 2.64 bits per heavy atom. The summed E-state index contributed by atoms with van der Waals surface area (Å²) in [7, 11) is 1.55. The highest BCUT2D eigenvalue weighted by atomic mass is 19.1. The number of aliphatic hydroxyl groups is 1. The number of methoxy groups -OCH3 is 1. The van der Waals surface area contributed by atoms with E-state index in [0.717, 1.165) is 5.56 Å². The largest absolute Gasteiger partial charge is 0.496 e. The Bertz CT molecular complexity index is 321. The van der Waals surface area contributed by atoms with Crippen LogP contribution in [0.2, 0.25) is 0 Å². The second-order valence-electron chi connectivity index (χ2n) is 3.47. The molecule has 3 heteroatoms. The number of aliphatic hydroxyl groups excluding tert-OH is 1. The first-order valence-electron chi connectivity index (χ1n) is 4.55. The van der Waals surface area contributed by atoms with Crippen LogP contribution in [-0.4, -0.2) is 18.3 Å². The van der Waals surface area contributed by atoms with Crippen molar-refractivity contribution in [3.8, 4) is 5.75 Å². The molecule has 1 unspecified atom stereocenters. The molecule has 0 heterocycles. The third-order valence-corrected chi connectivity index (χ3v) is 2.08. The lowest BCUT2D eigenvalue weighted by Crippen LogP contribution is -2.06. The van der Waals surface area contributed by atoms with Crippen LogP contribution < -0.4 is 4.74 Å². The van der Waals surface area contributed by atoms with Gasteiger partial charge in [-0.3, -0.25) is 0 Å². The Morgan fingerprint density at radius 1 is 1.50 bits per heavy atom. The summed E-state index contributed by atoms with van der Waals surface area (Å²) in [5, 5.41) is 9.16. The maximum atomic E-state index is 13.4. The van der Waals surface area contributed by atoms with Gasteiger partial charge in [-0.25, -0.2) is 4.39 Å². The van der Waals surface area contributed by atoms with E-state index in [4.69, 9.17) is 9.84 Å². The molecule has 0 aromatic heterocycles. The van der Waals surface area contributed by atoms with Crippen molar-refractivity contribution in [1.82, 2.24) is 0 Å². The van der Waals surface area contributed by atoms with Crippen LogP contribution >= 0.6 is 0 Å². The van der Waals surface area contributed by atoms with Gasteiger partial charge in [-0.05, 0) is 37.1 Å². The van der Waals surface area contributed by atoms with Crippen molar-refractivity contribution in [1.29, 1.82) is 0 Å². The lowest BCUT2D eigenvalue weighted by atomic mass is 10.1. The Balaban J connectivity index is 3.04. The van der Waals surface area contributed by atoms with Gasteiger partial charge in [-0.15, -0.1) is 0 Å². The van der Waals surface area contributed by atoms with Crippen molar-refractivity contribution >= 4 is 0 Å². The van der Waals surface area contributed by atoms with Gasteiger partial charge in [0.15, 0.2) is 0 Å². The molecule has 0 saturated carbocycles. The van der Waals surface area contributed by atoms with Crippen LogP contribution in [0.3, 0.4) is 0 Å². The van der Waals surface area contributed by atoms with E-state index in [2.05, 4.69) is 0 Å². The molecule has 0 radical (unpaired) electrons. The molecule has 0 fully saturated rings. The summed E-state index contributed by atoms with van der Waals surface area (Å²) < 4.78 is 18.4. The van der Waals surface area contributed by atoms with E-state index in [1.54, 1.807) is 27.0 Å². The molecule has 1 aromatic carbocycles. The Hall–Kier alpha value is -1.09. The second kappa shape index (κ2) is 4.42. The maximum absolute atomic E-state index is 13.4. The summed E-state index contributed by atoms with van der Waals surface area (Å²) in [5.74, 6) is 0.367. The molecule has 78 valence electrons. The minimum absolute atomic E-state index is 0.288. The van der Waals surface area contributed by atoms with E-state index in [1.165, 1.54) is 6.07 Å². The van der Waals surface area contributed by atoms with Crippen molar-refractivity contribution in [3.05, 3.63) is 29.1 Å². The third-order valence-electron chi connectivity index (χ3n) is 2.08. The van der Waals surface area contributed by atoms with E-state index in [9.17, 15) is 4.39 Å². The molecular formula is C11H15FO2. The van der Waals surface area contributed by atoms with E-state index >= 15 is 0 Å². The number of hydrogen-bond donors (Lipinski definition) is 1. The average Bonchev–Trinajstić information content (AvgIpc) is 2.09. The van der Waals surface area contributed by atoms with E-state index in [-0.39, 0.29) is 5.82 Å². The highest BCUT2D eigenvalue weighted by Gasteiger charge is 2.09. The first-order chi connectivity index (χ1) is 6.54. The van der Waals surface area contributed by atoms with E-state index in [1.807, 2.05) is 0 Å². The number of halogens is 1. The van der Waals surface area contributed by atoms with Crippen molar-refractivity contribution in [2.24, 2.45) is 0 Å². The Kier molecular flexibility index (Phi) is 3.47. The first kappa shape index (κ1) is 11.0. The van der Waals surface area contributed by atoms with Crippen LogP contribution in [0.5, 0.6) is 5.75 Å². The van der Waals surface area contributed by atoms with Gasteiger partial charge in [-0.1, -0.05) is 0 Å². The summed E-state index contributed by atoms with van der Waals surface area (Å²) in [6.45, 7) is 3.42. The number of aryl methyl sites for hydroxylation is 1. The van der Waals surface area contributed by atoms with Crippen LogP contribution in [0.15, 0.2) is 12.1 Å². The van der Waals surface area contributed by atoms with Crippen molar-refractivity contribution in [2.45, 2.75) is 26.4 Å². The van der Waals surface area contributed by atoms with Crippen molar-refractivity contribution in [3.63, 3.8) is 0 Å². The fraction of sp³-hybridized carbons (Fsp3) is 0.455. The lowest BCUT2D eigenvalue weighted by Gasteiger charge is -2.10. The lowest BCUT2D eigenvalue weighted by molar-refractivity contribution is 0.194. The van der Waals surface area contributed by atoms with Gasteiger partial charge >= 0.3 is 0 Å². The molecule has 0 aliphatic heterocycles. The van der Waals surface area contributed by atoms with Gasteiger partial charge < -0.3 is 9.84 Å². The SMILES string of the molecule is COc1cc(CC(C)O)c(F)cc1C. The molecule has 0 spiro atoms. The van der Waals surface area contributed by atoms with Gasteiger partial charge in [0.05, 0.1) is 13.2 Å². The van der Waals surface area contributed by atoms with Crippen molar-refractivity contribution in [2.75, 3.05) is 7.11 Å². The number of ether oxygens (including phenoxy) is 1. The van der Waals surface area contributed by atoms with E-state index < -0.39 is 6.10 Å². The van der Waals surface area contributed by atoms with Crippen LogP contribution in [0, 0.1) is 12.7 Å². The van der Waals surface area contributed by atoms with Crippen LogP contribution in [0.1, 0.15) is 18.1 Å². The number of benzene rings is 1. The normalized spacial score (nSPS) is 12.6. The summed E-state index contributed by atoms with van der Waals surface area (Å²) in [4.78, 5) is 0. The van der Waals surface area contributed by atoms with Crippen LogP contribution in [-0.2, 0) is 6.42 Å². The molecular weight excluding hydrogens is 183 g/mol. The predicted octanol–water partition coefficient (Wildman–Crippen LogP) is 2.07. The van der Waals surface area contributed by atoms with Crippen molar-refractivity contribution < 1.29 is 14.2 Å². The molecule has 1 atom stereocenters.